The van der Waals surface area contributed by atoms with Crippen molar-refractivity contribution in [3.8, 4) is 5.88 Å². The molecule has 0 fully saturated rings. The van der Waals surface area contributed by atoms with Crippen LogP contribution in [0.2, 0.25) is 0 Å². The number of halogens is 5. The van der Waals surface area contributed by atoms with Crippen LogP contribution in [0.25, 0.3) is 0 Å². The topological polar surface area (TPSA) is 80.3 Å². The number of pyridine rings is 1. The Morgan fingerprint density at radius 3 is 2.41 bits per heavy atom. The number of rotatable bonds is 9. The van der Waals surface area contributed by atoms with Gasteiger partial charge in [0.15, 0.2) is 6.61 Å². The van der Waals surface area contributed by atoms with Crippen molar-refractivity contribution in [2.75, 3.05) is 13.2 Å². The van der Waals surface area contributed by atoms with Crippen molar-refractivity contribution in [3.05, 3.63) is 23.9 Å². The van der Waals surface area contributed by atoms with Crippen molar-refractivity contribution in [1.29, 1.82) is 0 Å². The first-order valence-electron chi connectivity index (χ1n) is 8.14. The molecule has 0 spiro atoms. The normalized spacial score (nSPS) is 13.0. The molecule has 2 amide bonds. The van der Waals surface area contributed by atoms with Crippen LogP contribution in [0.3, 0.4) is 0 Å². The highest BCUT2D eigenvalue weighted by atomic mass is 19.4. The monoisotopic (exact) mass is 397 g/mol. The number of aromatic nitrogens is 1. The number of hydrogen-bond donors (Lipinski definition) is 2. The minimum Gasteiger partial charge on any atom is -0.471 e. The first kappa shape index (κ1) is 22.6. The second kappa shape index (κ2) is 9.47. The van der Waals surface area contributed by atoms with Gasteiger partial charge in [0.25, 0.3) is 5.91 Å². The van der Waals surface area contributed by atoms with Gasteiger partial charge in [0.05, 0.1) is 0 Å². The zero-order chi connectivity index (χ0) is 20.7. The Hall–Kier alpha value is -2.46. The lowest BCUT2D eigenvalue weighted by Gasteiger charge is -2.19. The van der Waals surface area contributed by atoms with Gasteiger partial charge in [0.2, 0.25) is 11.8 Å². The number of hydrogen-bond acceptors (Lipinski definition) is 4. The van der Waals surface area contributed by atoms with Crippen molar-refractivity contribution in [2.24, 2.45) is 0 Å². The molecule has 0 aliphatic rings. The molecule has 0 radical (unpaired) electrons. The molecule has 6 nitrogen and oxygen atoms in total. The van der Waals surface area contributed by atoms with Crippen LogP contribution in [0, 0.1) is 0 Å². The third-order valence-corrected chi connectivity index (χ3v) is 3.35. The summed E-state index contributed by atoms with van der Waals surface area (Å²) in [6, 6.07) is 2.61. The van der Waals surface area contributed by atoms with Crippen molar-refractivity contribution in [2.45, 2.75) is 44.8 Å². The van der Waals surface area contributed by atoms with Crippen molar-refractivity contribution in [1.82, 2.24) is 15.6 Å². The molecule has 1 atom stereocenters. The van der Waals surface area contributed by atoms with Crippen LogP contribution in [-0.2, 0) is 4.79 Å². The zero-order valence-corrected chi connectivity index (χ0v) is 14.7. The van der Waals surface area contributed by atoms with E-state index in [9.17, 15) is 31.5 Å². The number of carbonyl (C=O) groups excluding carboxylic acids is 2. The first-order valence-corrected chi connectivity index (χ1v) is 8.14. The van der Waals surface area contributed by atoms with Crippen LogP contribution in [0.5, 0.6) is 5.88 Å². The molecule has 0 aliphatic heterocycles. The van der Waals surface area contributed by atoms with E-state index in [0.29, 0.717) is 13.0 Å². The Morgan fingerprint density at radius 1 is 1.19 bits per heavy atom. The van der Waals surface area contributed by atoms with Crippen molar-refractivity contribution in [3.63, 3.8) is 0 Å². The maximum Gasteiger partial charge on any atom is 0.456 e. The molecule has 2 N–H and O–H groups in total. The van der Waals surface area contributed by atoms with Gasteiger partial charge in [0.1, 0.15) is 11.7 Å². The smallest absolute Gasteiger partial charge is 0.456 e. The summed E-state index contributed by atoms with van der Waals surface area (Å²) in [7, 11) is 0. The zero-order valence-electron chi connectivity index (χ0n) is 14.7. The molecular weight excluding hydrogens is 377 g/mol. The largest absolute Gasteiger partial charge is 0.471 e. The molecule has 0 bridgehead atoms. The predicted molar refractivity (Wildman–Crippen MR) is 85.6 cm³/mol. The number of nitrogens with one attached hydrogen (secondary N) is 2. The van der Waals surface area contributed by atoms with Crippen LogP contribution in [-0.4, -0.2) is 48.1 Å². The maximum atomic E-state index is 12.9. The lowest BCUT2D eigenvalue weighted by Crippen LogP contribution is -2.46. The van der Waals surface area contributed by atoms with Gasteiger partial charge in [-0.15, -0.1) is 0 Å². The van der Waals surface area contributed by atoms with Gasteiger partial charge in [-0.3, -0.25) is 9.59 Å². The van der Waals surface area contributed by atoms with E-state index in [1.165, 1.54) is 12.1 Å². The van der Waals surface area contributed by atoms with E-state index >= 15 is 0 Å². The van der Waals surface area contributed by atoms with E-state index < -0.39 is 42.4 Å². The van der Waals surface area contributed by atoms with Crippen molar-refractivity contribution >= 4 is 11.8 Å². The Kier molecular flexibility index (Phi) is 7.92. The van der Waals surface area contributed by atoms with Gasteiger partial charge in [-0.1, -0.05) is 19.9 Å². The second-order valence-electron chi connectivity index (χ2n) is 5.58. The summed E-state index contributed by atoms with van der Waals surface area (Å²) in [4.78, 5) is 27.7. The van der Waals surface area contributed by atoms with Crippen LogP contribution in [0.4, 0.5) is 22.0 Å². The van der Waals surface area contributed by atoms with Crippen LogP contribution < -0.4 is 15.4 Å². The standard InChI is InChI=1S/C16H20F5N3O3/c1-3-8-22-13(25)10(4-2)24-14(26)11-6-5-7-12(23-11)27-9-15(17,18)16(19,20)21/h5-7,10H,3-4,8-9H2,1-2H3,(H,22,25)(H,24,26). The Morgan fingerprint density at radius 2 is 1.85 bits per heavy atom. The van der Waals surface area contributed by atoms with Crippen LogP contribution >= 0.6 is 0 Å². The lowest BCUT2D eigenvalue weighted by atomic mass is 10.2. The molecule has 11 heteroatoms. The molecule has 0 aromatic carbocycles. The molecular formula is C16H20F5N3O3. The van der Waals surface area contributed by atoms with Crippen molar-refractivity contribution < 1.29 is 36.3 Å². The minimum absolute atomic E-state index is 0.287. The number of alkyl halides is 5. The van der Waals surface area contributed by atoms with Gasteiger partial charge in [-0.2, -0.15) is 22.0 Å². The molecule has 27 heavy (non-hydrogen) atoms. The van der Waals surface area contributed by atoms with E-state index in [-0.39, 0.29) is 12.1 Å². The average molecular weight is 397 g/mol. The highest BCUT2D eigenvalue weighted by Crippen LogP contribution is 2.35. The fourth-order valence-electron chi connectivity index (χ4n) is 1.82. The summed E-state index contributed by atoms with van der Waals surface area (Å²) in [6.07, 6.45) is -4.77. The lowest BCUT2D eigenvalue weighted by molar-refractivity contribution is -0.290. The third-order valence-electron chi connectivity index (χ3n) is 3.35. The highest BCUT2D eigenvalue weighted by Gasteiger charge is 2.58. The third kappa shape index (κ3) is 6.65. The Balaban J connectivity index is 2.77. The molecule has 1 aromatic heterocycles. The number of carbonyl (C=O) groups is 2. The second-order valence-corrected chi connectivity index (χ2v) is 5.58. The Labute approximate surface area is 152 Å². The average Bonchev–Trinajstić information content (AvgIpc) is 2.61. The number of amides is 2. The van der Waals surface area contributed by atoms with E-state index in [1.54, 1.807) is 6.92 Å². The summed E-state index contributed by atoms with van der Waals surface area (Å²) in [5.41, 5.74) is -0.287. The summed E-state index contributed by atoms with van der Waals surface area (Å²) in [5.74, 6) is -6.82. The summed E-state index contributed by atoms with van der Waals surface area (Å²) in [6.45, 7) is 1.99. The van der Waals surface area contributed by atoms with E-state index in [2.05, 4.69) is 20.4 Å². The van der Waals surface area contributed by atoms with E-state index in [1.807, 2.05) is 6.92 Å². The molecule has 1 rings (SSSR count). The molecule has 0 aliphatic carbocycles. The van der Waals surface area contributed by atoms with Gasteiger partial charge in [-0.05, 0) is 18.9 Å². The van der Waals surface area contributed by atoms with Gasteiger partial charge >= 0.3 is 12.1 Å². The first-order chi connectivity index (χ1) is 12.5. The fraction of sp³-hybridized carbons (Fsp3) is 0.562. The molecule has 1 aromatic rings. The number of nitrogens with zero attached hydrogens (tertiary/aromatic N) is 1. The Bertz CT molecular complexity index is 652. The van der Waals surface area contributed by atoms with Gasteiger partial charge in [-0.25, -0.2) is 4.98 Å². The highest BCUT2D eigenvalue weighted by molar-refractivity contribution is 5.96. The summed E-state index contributed by atoms with van der Waals surface area (Å²) in [5, 5.41) is 5.03. The molecule has 1 unspecified atom stereocenters. The molecule has 152 valence electrons. The van der Waals surface area contributed by atoms with E-state index in [4.69, 9.17) is 0 Å². The molecule has 0 saturated heterocycles. The molecule has 0 saturated carbocycles. The van der Waals surface area contributed by atoms with Crippen LogP contribution in [0.1, 0.15) is 37.2 Å². The predicted octanol–water partition coefficient (Wildman–Crippen LogP) is 2.69. The summed E-state index contributed by atoms with van der Waals surface area (Å²) >= 11 is 0. The number of ether oxygens (including phenoxy) is 1. The van der Waals surface area contributed by atoms with Gasteiger partial charge in [0, 0.05) is 12.6 Å². The minimum atomic E-state index is -5.76. The fourth-order valence-corrected chi connectivity index (χ4v) is 1.82. The summed E-state index contributed by atoms with van der Waals surface area (Å²) < 4.78 is 66.6. The quantitative estimate of drug-likeness (QED) is 0.628. The SMILES string of the molecule is CCCNC(=O)C(CC)NC(=O)c1cccc(OCC(F)(F)C(F)(F)F)n1. The van der Waals surface area contributed by atoms with Gasteiger partial charge < -0.3 is 15.4 Å². The maximum absolute atomic E-state index is 12.9. The van der Waals surface area contributed by atoms with E-state index in [0.717, 1.165) is 6.07 Å². The van der Waals surface area contributed by atoms with Crippen LogP contribution in [0.15, 0.2) is 18.2 Å². The molecule has 1 heterocycles.